The summed E-state index contributed by atoms with van der Waals surface area (Å²) in [4.78, 5) is 27.8. The maximum absolute atomic E-state index is 12.2. The zero-order valence-electron chi connectivity index (χ0n) is 14.9. The van der Waals surface area contributed by atoms with Gasteiger partial charge in [0.15, 0.2) is 6.23 Å². The van der Waals surface area contributed by atoms with Crippen molar-refractivity contribution in [3.63, 3.8) is 0 Å². The lowest BCUT2D eigenvalue weighted by molar-refractivity contribution is -0.116. The highest BCUT2D eigenvalue weighted by Gasteiger charge is 2.43. The SMILES string of the molecule is CCCCCCCC(=O)Nc1ccn([C@@H]2O[C@H](CO)[C@H](O)[C@@H]2O)c(=O)n1. The number of nitrogens with one attached hydrogen (secondary N) is 1. The minimum Gasteiger partial charge on any atom is -0.394 e. The first-order chi connectivity index (χ1) is 12.5. The van der Waals surface area contributed by atoms with E-state index in [4.69, 9.17) is 9.84 Å². The molecule has 2 rings (SSSR count). The Balaban J connectivity index is 1.93. The quantitative estimate of drug-likeness (QED) is 0.455. The van der Waals surface area contributed by atoms with Gasteiger partial charge in [0.2, 0.25) is 5.91 Å². The van der Waals surface area contributed by atoms with Gasteiger partial charge in [0, 0.05) is 12.6 Å². The third kappa shape index (κ3) is 5.10. The molecule has 9 heteroatoms. The van der Waals surface area contributed by atoms with Crippen molar-refractivity contribution in [3.8, 4) is 0 Å². The van der Waals surface area contributed by atoms with Crippen molar-refractivity contribution in [2.45, 2.75) is 70.0 Å². The van der Waals surface area contributed by atoms with Gasteiger partial charge in [0.25, 0.3) is 0 Å². The van der Waals surface area contributed by atoms with Gasteiger partial charge in [0.05, 0.1) is 6.61 Å². The number of unbranched alkanes of at least 4 members (excludes halogenated alkanes) is 4. The molecule has 0 bridgehead atoms. The third-order valence-electron chi connectivity index (χ3n) is 4.40. The van der Waals surface area contributed by atoms with E-state index in [1.54, 1.807) is 0 Å². The van der Waals surface area contributed by atoms with Gasteiger partial charge in [-0.2, -0.15) is 4.98 Å². The van der Waals surface area contributed by atoms with Crippen LogP contribution in [0.25, 0.3) is 0 Å². The average molecular weight is 369 g/mol. The molecule has 1 aliphatic rings. The van der Waals surface area contributed by atoms with E-state index in [0.29, 0.717) is 6.42 Å². The fourth-order valence-corrected chi connectivity index (χ4v) is 2.88. The lowest BCUT2D eigenvalue weighted by atomic mass is 10.1. The molecule has 4 atom stereocenters. The summed E-state index contributed by atoms with van der Waals surface area (Å²) in [6.45, 7) is 1.64. The molecule has 26 heavy (non-hydrogen) atoms. The number of rotatable bonds is 9. The Morgan fingerprint density at radius 1 is 1.27 bits per heavy atom. The number of hydrogen-bond acceptors (Lipinski definition) is 7. The molecule has 1 fully saturated rings. The van der Waals surface area contributed by atoms with Crippen LogP contribution in [0.15, 0.2) is 17.1 Å². The first-order valence-electron chi connectivity index (χ1n) is 8.99. The summed E-state index contributed by atoms with van der Waals surface area (Å²) in [5, 5.41) is 31.4. The van der Waals surface area contributed by atoms with Crippen LogP contribution in [0, 0.1) is 0 Å². The van der Waals surface area contributed by atoms with Crippen molar-refractivity contribution in [1.82, 2.24) is 9.55 Å². The number of amides is 1. The Morgan fingerprint density at radius 3 is 2.62 bits per heavy atom. The molecule has 0 spiro atoms. The van der Waals surface area contributed by atoms with Crippen LogP contribution < -0.4 is 11.0 Å². The van der Waals surface area contributed by atoms with E-state index in [-0.39, 0.29) is 11.7 Å². The van der Waals surface area contributed by atoms with Gasteiger partial charge in [-0.1, -0.05) is 32.6 Å². The number of carbonyl (C=O) groups is 1. The molecule has 1 amide bonds. The maximum Gasteiger partial charge on any atom is 0.351 e. The summed E-state index contributed by atoms with van der Waals surface area (Å²) in [6, 6.07) is 1.42. The molecule has 1 aliphatic heterocycles. The molecule has 1 aromatic heterocycles. The van der Waals surface area contributed by atoms with Crippen LogP contribution in [-0.4, -0.2) is 55.7 Å². The smallest absolute Gasteiger partial charge is 0.351 e. The third-order valence-corrected chi connectivity index (χ3v) is 4.40. The molecule has 0 unspecified atom stereocenters. The highest BCUT2D eigenvalue weighted by atomic mass is 16.6. The van der Waals surface area contributed by atoms with Gasteiger partial charge in [-0.3, -0.25) is 9.36 Å². The fraction of sp³-hybridized carbons (Fsp3) is 0.706. The number of hydrogen-bond donors (Lipinski definition) is 4. The van der Waals surface area contributed by atoms with Crippen LogP contribution in [0.3, 0.4) is 0 Å². The molecule has 0 radical (unpaired) electrons. The number of anilines is 1. The molecule has 0 saturated carbocycles. The van der Waals surface area contributed by atoms with Gasteiger partial charge >= 0.3 is 5.69 Å². The predicted molar refractivity (Wildman–Crippen MR) is 93.5 cm³/mol. The van der Waals surface area contributed by atoms with Gasteiger partial charge < -0.3 is 25.4 Å². The summed E-state index contributed by atoms with van der Waals surface area (Å²) in [6.07, 6.45) is 2.06. The number of aliphatic hydroxyl groups is 3. The van der Waals surface area contributed by atoms with Crippen molar-refractivity contribution in [3.05, 3.63) is 22.7 Å². The maximum atomic E-state index is 12.2. The second-order valence-corrected chi connectivity index (χ2v) is 6.44. The zero-order chi connectivity index (χ0) is 19.1. The number of ether oxygens (including phenoxy) is 1. The molecule has 0 aliphatic carbocycles. The molecular formula is C17H27N3O6. The normalized spacial score (nSPS) is 25.4. The topological polar surface area (TPSA) is 134 Å². The molecule has 4 N–H and O–H groups in total. The zero-order valence-corrected chi connectivity index (χ0v) is 14.9. The van der Waals surface area contributed by atoms with E-state index in [9.17, 15) is 19.8 Å². The molecule has 1 saturated heterocycles. The van der Waals surface area contributed by atoms with Crippen LogP contribution in [-0.2, 0) is 9.53 Å². The van der Waals surface area contributed by atoms with Crippen LogP contribution in [0.5, 0.6) is 0 Å². The van der Waals surface area contributed by atoms with Crippen LogP contribution in [0.1, 0.15) is 51.7 Å². The van der Waals surface area contributed by atoms with E-state index in [1.165, 1.54) is 12.3 Å². The first kappa shape index (κ1) is 20.5. The monoisotopic (exact) mass is 369 g/mol. The van der Waals surface area contributed by atoms with Gasteiger partial charge in [0.1, 0.15) is 24.1 Å². The summed E-state index contributed by atoms with van der Waals surface area (Å²) in [7, 11) is 0. The van der Waals surface area contributed by atoms with Crippen LogP contribution in [0.2, 0.25) is 0 Å². The van der Waals surface area contributed by atoms with Gasteiger partial charge in [-0.15, -0.1) is 0 Å². The summed E-state index contributed by atoms with van der Waals surface area (Å²) >= 11 is 0. The van der Waals surface area contributed by atoms with Crippen molar-refractivity contribution in [2.75, 3.05) is 11.9 Å². The minimum absolute atomic E-state index is 0.122. The van der Waals surface area contributed by atoms with Gasteiger partial charge in [-0.05, 0) is 12.5 Å². The number of aliphatic hydroxyl groups excluding tert-OH is 3. The first-order valence-corrected chi connectivity index (χ1v) is 8.99. The van der Waals surface area contributed by atoms with E-state index in [2.05, 4.69) is 17.2 Å². The summed E-state index contributed by atoms with van der Waals surface area (Å²) < 4.78 is 6.31. The fourth-order valence-electron chi connectivity index (χ4n) is 2.88. The largest absolute Gasteiger partial charge is 0.394 e. The van der Waals surface area contributed by atoms with E-state index in [1.807, 2.05) is 0 Å². The Morgan fingerprint density at radius 2 is 2.00 bits per heavy atom. The highest BCUT2D eigenvalue weighted by molar-refractivity contribution is 5.89. The number of carbonyl (C=O) groups excluding carboxylic acids is 1. The Bertz CT molecular complexity index is 650. The second kappa shape index (κ2) is 9.77. The van der Waals surface area contributed by atoms with Crippen molar-refractivity contribution < 1.29 is 24.9 Å². The summed E-state index contributed by atoms with van der Waals surface area (Å²) in [5.41, 5.74) is -0.736. The second-order valence-electron chi connectivity index (χ2n) is 6.44. The van der Waals surface area contributed by atoms with Crippen molar-refractivity contribution >= 4 is 11.7 Å². The minimum atomic E-state index is -1.37. The highest BCUT2D eigenvalue weighted by Crippen LogP contribution is 2.28. The molecule has 9 nitrogen and oxygen atoms in total. The Labute approximate surface area is 151 Å². The van der Waals surface area contributed by atoms with E-state index in [0.717, 1.165) is 36.7 Å². The lowest BCUT2D eigenvalue weighted by Crippen LogP contribution is -2.36. The average Bonchev–Trinajstić information content (AvgIpc) is 2.90. The Kier molecular flexibility index (Phi) is 7.70. The van der Waals surface area contributed by atoms with E-state index < -0.39 is 36.8 Å². The van der Waals surface area contributed by atoms with E-state index >= 15 is 0 Å². The molecule has 0 aromatic carbocycles. The molecular weight excluding hydrogens is 342 g/mol. The standard InChI is InChI=1S/C17H27N3O6/c1-2-3-4-5-6-7-13(22)18-12-8-9-20(17(25)19-12)16-15(24)14(23)11(10-21)26-16/h8-9,11,14-16,21,23-24H,2-7,10H2,1H3,(H,18,19,22,25)/t11-,14+,15+,16-/m1/s1. The van der Waals surface area contributed by atoms with Crippen LogP contribution in [0.4, 0.5) is 5.82 Å². The number of nitrogens with zero attached hydrogens (tertiary/aromatic N) is 2. The predicted octanol–water partition coefficient (Wildman–Crippen LogP) is 0.154. The van der Waals surface area contributed by atoms with Gasteiger partial charge in [-0.25, -0.2) is 4.79 Å². The Hall–Kier alpha value is -1.81. The van der Waals surface area contributed by atoms with Crippen molar-refractivity contribution in [1.29, 1.82) is 0 Å². The lowest BCUT2D eigenvalue weighted by Gasteiger charge is -2.17. The molecule has 1 aromatic rings. The number of aromatic nitrogens is 2. The molecule has 2 heterocycles. The van der Waals surface area contributed by atoms with Crippen molar-refractivity contribution in [2.24, 2.45) is 0 Å². The van der Waals surface area contributed by atoms with Crippen LogP contribution >= 0.6 is 0 Å². The molecule has 146 valence electrons. The summed E-state index contributed by atoms with van der Waals surface area (Å²) in [5.74, 6) is -0.0874.